The summed E-state index contributed by atoms with van der Waals surface area (Å²) in [7, 11) is 0. The van der Waals surface area contributed by atoms with Crippen LogP contribution in [0.4, 0.5) is 0 Å². The van der Waals surface area contributed by atoms with Crippen molar-refractivity contribution in [2.45, 2.75) is 39.0 Å². The number of hydrogen-bond acceptors (Lipinski definition) is 4. The molecule has 5 heteroatoms. The lowest BCUT2D eigenvalue weighted by Crippen LogP contribution is -2.26. The van der Waals surface area contributed by atoms with Gasteiger partial charge in [0.1, 0.15) is 4.88 Å². The third-order valence-electron chi connectivity index (χ3n) is 3.57. The summed E-state index contributed by atoms with van der Waals surface area (Å²) in [6, 6.07) is 0. The smallest absolute Gasteiger partial charge is 0.263 e. The van der Waals surface area contributed by atoms with Gasteiger partial charge in [-0.1, -0.05) is 6.92 Å². The molecule has 0 spiro atoms. The van der Waals surface area contributed by atoms with Crippen molar-refractivity contribution in [2.75, 3.05) is 26.2 Å². The van der Waals surface area contributed by atoms with Gasteiger partial charge >= 0.3 is 0 Å². The molecule has 4 nitrogen and oxygen atoms in total. The topological polar surface area (TPSA) is 45.2 Å². The van der Waals surface area contributed by atoms with E-state index in [1.54, 1.807) is 5.51 Å². The number of thiazole rings is 1. The number of aryl methyl sites for hydroxylation is 1. The summed E-state index contributed by atoms with van der Waals surface area (Å²) in [6.45, 7) is 6.49. The zero-order valence-electron chi connectivity index (χ0n) is 11.7. The van der Waals surface area contributed by atoms with E-state index in [2.05, 4.69) is 15.2 Å². The van der Waals surface area contributed by atoms with Crippen LogP contribution < -0.4 is 5.32 Å². The minimum atomic E-state index is 0.0422. The minimum Gasteiger partial charge on any atom is -0.351 e. The lowest BCUT2D eigenvalue weighted by Gasteiger charge is -2.13. The molecule has 0 radical (unpaired) electrons. The lowest BCUT2D eigenvalue weighted by molar-refractivity contribution is 0.0955. The Bertz CT molecular complexity index is 399. The number of nitrogens with one attached hydrogen (secondary N) is 1. The molecule has 19 heavy (non-hydrogen) atoms. The molecule has 1 fully saturated rings. The lowest BCUT2D eigenvalue weighted by atomic mass is 10.2. The highest BCUT2D eigenvalue weighted by Crippen LogP contribution is 2.13. The normalized spacial score (nSPS) is 15.8. The van der Waals surface area contributed by atoms with Crippen molar-refractivity contribution in [3.8, 4) is 0 Å². The molecule has 1 aromatic rings. The molecule has 1 aliphatic rings. The van der Waals surface area contributed by atoms with Gasteiger partial charge < -0.3 is 10.2 Å². The molecule has 1 saturated heterocycles. The van der Waals surface area contributed by atoms with Crippen LogP contribution >= 0.6 is 11.3 Å². The van der Waals surface area contributed by atoms with Crippen LogP contribution in [0.15, 0.2) is 5.51 Å². The SMILES string of the molecule is CCc1ncsc1C(=O)NCCCCN1CCCC1. The third-order valence-corrected chi connectivity index (χ3v) is 4.44. The van der Waals surface area contributed by atoms with Crippen LogP contribution in [0.25, 0.3) is 0 Å². The molecule has 106 valence electrons. The van der Waals surface area contributed by atoms with E-state index < -0.39 is 0 Å². The Kier molecular flexibility index (Phi) is 5.79. The minimum absolute atomic E-state index is 0.0422. The van der Waals surface area contributed by atoms with Crippen molar-refractivity contribution < 1.29 is 4.79 Å². The third kappa shape index (κ3) is 4.28. The fraction of sp³-hybridized carbons (Fsp3) is 0.714. The number of amides is 1. The maximum absolute atomic E-state index is 12.0. The number of rotatable bonds is 7. The van der Waals surface area contributed by atoms with Crippen LogP contribution in [-0.2, 0) is 6.42 Å². The molecule has 1 aromatic heterocycles. The zero-order valence-corrected chi connectivity index (χ0v) is 12.5. The first-order valence-corrected chi connectivity index (χ1v) is 8.12. The van der Waals surface area contributed by atoms with Gasteiger partial charge in [0.15, 0.2) is 0 Å². The zero-order chi connectivity index (χ0) is 13.5. The van der Waals surface area contributed by atoms with E-state index >= 15 is 0 Å². The summed E-state index contributed by atoms with van der Waals surface area (Å²) in [6.07, 6.45) is 5.75. The maximum atomic E-state index is 12.0. The molecule has 0 bridgehead atoms. The molecule has 1 N–H and O–H groups in total. The standard InChI is InChI=1S/C14H23N3OS/c1-2-12-13(19-11-16-12)14(18)15-7-3-4-8-17-9-5-6-10-17/h11H,2-10H2,1H3,(H,15,18). The van der Waals surface area contributed by atoms with Crippen molar-refractivity contribution in [2.24, 2.45) is 0 Å². The summed E-state index contributed by atoms with van der Waals surface area (Å²) < 4.78 is 0. The van der Waals surface area contributed by atoms with Gasteiger partial charge in [0, 0.05) is 6.54 Å². The number of unbranched alkanes of at least 4 members (excludes halogenated alkanes) is 1. The summed E-state index contributed by atoms with van der Waals surface area (Å²) >= 11 is 1.44. The van der Waals surface area contributed by atoms with E-state index in [-0.39, 0.29) is 5.91 Å². The van der Waals surface area contributed by atoms with Gasteiger partial charge in [0.25, 0.3) is 5.91 Å². The van der Waals surface area contributed by atoms with E-state index in [1.807, 2.05) is 6.92 Å². The second kappa shape index (κ2) is 7.60. The monoisotopic (exact) mass is 281 g/mol. The van der Waals surface area contributed by atoms with Crippen molar-refractivity contribution in [3.63, 3.8) is 0 Å². The first-order valence-electron chi connectivity index (χ1n) is 7.24. The molecular formula is C14H23N3OS. The van der Waals surface area contributed by atoms with Gasteiger partial charge in [-0.25, -0.2) is 4.98 Å². The number of nitrogens with zero attached hydrogens (tertiary/aromatic N) is 2. The van der Waals surface area contributed by atoms with Crippen molar-refractivity contribution >= 4 is 17.2 Å². The van der Waals surface area contributed by atoms with Crippen molar-refractivity contribution in [1.29, 1.82) is 0 Å². The molecule has 2 rings (SSSR count). The Morgan fingerprint density at radius 1 is 1.42 bits per heavy atom. The quantitative estimate of drug-likeness (QED) is 0.780. The molecule has 0 unspecified atom stereocenters. The summed E-state index contributed by atoms with van der Waals surface area (Å²) in [5.74, 6) is 0.0422. The summed E-state index contributed by atoms with van der Waals surface area (Å²) in [4.78, 5) is 19.5. The first kappa shape index (κ1) is 14.5. The van der Waals surface area contributed by atoms with Gasteiger partial charge in [-0.05, 0) is 51.7 Å². The number of carbonyl (C=O) groups is 1. The van der Waals surface area contributed by atoms with Gasteiger partial charge in [-0.3, -0.25) is 4.79 Å². The van der Waals surface area contributed by atoms with Crippen LogP contribution in [-0.4, -0.2) is 42.0 Å². The van der Waals surface area contributed by atoms with E-state index in [4.69, 9.17) is 0 Å². The highest BCUT2D eigenvalue weighted by atomic mass is 32.1. The van der Waals surface area contributed by atoms with E-state index in [0.29, 0.717) is 0 Å². The van der Waals surface area contributed by atoms with E-state index in [9.17, 15) is 4.79 Å². The fourth-order valence-electron chi connectivity index (χ4n) is 2.45. The molecule has 1 amide bonds. The van der Waals surface area contributed by atoms with Crippen LogP contribution in [0.2, 0.25) is 0 Å². The second-order valence-corrected chi connectivity index (χ2v) is 5.85. The van der Waals surface area contributed by atoms with Crippen LogP contribution in [0.5, 0.6) is 0 Å². The van der Waals surface area contributed by atoms with Crippen LogP contribution in [0, 0.1) is 0 Å². The molecule has 0 aromatic carbocycles. The van der Waals surface area contributed by atoms with Gasteiger partial charge in [-0.2, -0.15) is 0 Å². The highest BCUT2D eigenvalue weighted by molar-refractivity contribution is 7.11. The Morgan fingerprint density at radius 2 is 2.21 bits per heavy atom. The largest absolute Gasteiger partial charge is 0.351 e. The Labute approximate surface area is 119 Å². The number of aromatic nitrogens is 1. The summed E-state index contributed by atoms with van der Waals surface area (Å²) in [5.41, 5.74) is 2.67. The predicted octanol–water partition coefficient (Wildman–Crippen LogP) is 2.31. The Morgan fingerprint density at radius 3 is 2.95 bits per heavy atom. The average molecular weight is 281 g/mol. The molecule has 1 aliphatic heterocycles. The van der Waals surface area contributed by atoms with Gasteiger partial charge in [-0.15, -0.1) is 11.3 Å². The molecule has 0 saturated carbocycles. The molecule has 0 atom stereocenters. The van der Waals surface area contributed by atoms with E-state index in [1.165, 1.54) is 50.2 Å². The molecule has 0 aliphatic carbocycles. The number of hydrogen-bond donors (Lipinski definition) is 1. The second-order valence-electron chi connectivity index (χ2n) is 4.99. The highest BCUT2D eigenvalue weighted by Gasteiger charge is 2.13. The van der Waals surface area contributed by atoms with Gasteiger partial charge in [0.2, 0.25) is 0 Å². The van der Waals surface area contributed by atoms with Crippen LogP contribution in [0.1, 0.15) is 48.0 Å². The first-order chi connectivity index (χ1) is 9.31. The van der Waals surface area contributed by atoms with Gasteiger partial charge in [0.05, 0.1) is 11.2 Å². The van der Waals surface area contributed by atoms with Crippen molar-refractivity contribution in [1.82, 2.24) is 15.2 Å². The van der Waals surface area contributed by atoms with Crippen LogP contribution in [0.3, 0.4) is 0 Å². The average Bonchev–Trinajstić information content (AvgIpc) is 3.08. The number of carbonyl (C=O) groups excluding carboxylic acids is 1. The molecule has 2 heterocycles. The summed E-state index contributed by atoms with van der Waals surface area (Å²) in [5, 5.41) is 3.00. The molecular weight excluding hydrogens is 258 g/mol. The number of likely N-dealkylation sites (tertiary alicyclic amines) is 1. The maximum Gasteiger partial charge on any atom is 0.263 e. The van der Waals surface area contributed by atoms with E-state index in [0.717, 1.165) is 30.0 Å². The predicted molar refractivity (Wildman–Crippen MR) is 78.7 cm³/mol. The Balaban J connectivity index is 1.61. The Hall–Kier alpha value is -0.940. The fourth-order valence-corrected chi connectivity index (χ4v) is 3.25. The van der Waals surface area contributed by atoms with Crippen molar-refractivity contribution in [3.05, 3.63) is 16.1 Å².